The van der Waals surface area contributed by atoms with Crippen LogP contribution in [0.5, 0.6) is 5.75 Å². The number of aromatic nitrogens is 2. The summed E-state index contributed by atoms with van der Waals surface area (Å²) in [5, 5.41) is 3.11. The van der Waals surface area contributed by atoms with Crippen molar-refractivity contribution in [3.8, 4) is 5.75 Å². The van der Waals surface area contributed by atoms with E-state index >= 15 is 0 Å². The second-order valence-corrected chi connectivity index (χ2v) is 4.51. The Kier molecular flexibility index (Phi) is 3.98. The van der Waals surface area contributed by atoms with Crippen LogP contribution >= 0.6 is 27.5 Å². The third-order valence-corrected chi connectivity index (χ3v) is 3.11. The Hall–Kier alpha value is -1.40. The molecule has 0 aliphatic rings. The molecule has 7 heteroatoms. The highest BCUT2D eigenvalue weighted by atomic mass is 79.9. The Balaban J connectivity index is 2.40. The molecule has 0 aliphatic heterocycles. The van der Waals surface area contributed by atoms with E-state index in [1.807, 2.05) is 0 Å². The Labute approximate surface area is 116 Å². The topological polar surface area (TPSA) is 47.0 Å². The van der Waals surface area contributed by atoms with Crippen LogP contribution in [0.15, 0.2) is 29.0 Å². The minimum absolute atomic E-state index is 0.183. The van der Waals surface area contributed by atoms with Crippen molar-refractivity contribution in [1.29, 1.82) is 0 Å². The molecule has 1 aromatic heterocycles. The first-order valence-corrected chi connectivity index (χ1v) is 6.05. The largest absolute Gasteiger partial charge is 0.490 e. The molecule has 0 fully saturated rings. The van der Waals surface area contributed by atoms with Crippen LogP contribution in [0.2, 0.25) is 5.15 Å². The molecular formula is C11H8BrClFN3O. The van der Waals surface area contributed by atoms with Gasteiger partial charge in [-0.2, -0.15) is 0 Å². The number of benzene rings is 1. The maximum atomic E-state index is 13.2. The summed E-state index contributed by atoms with van der Waals surface area (Å²) in [5.41, 5.74) is 0.517. The fourth-order valence-corrected chi connectivity index (χ4v) is 1.90. The molecule has 0 saturated carbocycles. The third-order valence-electron chi connectivity index (χ3n) is 2.15. The van der Waals surface area contributed by atoms with Gasteiger partial charge in [-0.25, -0.2) is 14.4 Å². The van der Waals surface area contributed by atoms with Crippen molar-refractivity contribution in [3.63, 3.8) is 0 Å². The van der Waals surface area contributed by atoms with Gasteiger partial charge < -0.3 is 10.1 Å². The lowest BCUT2D eigenvalue weighted by Crippen LogP contribution is -2.00. The predicted molar refractivity (Wildman–Crippen MR) is 71.0 cm³/mol. The van der Waals surface area contributed by atoms with Gasteiger partial charge in [0, 0.05) is 4.47 Å². The fourth-order valence-electron chi connectivity index (χ4n) is 1.34. The SMILES string of the molecule is COc1c(Cl)ncnc1Nc1cc(F)ccc1Br. The highest BCUT2D eigenvalue weighted by Gasteiger charge is 2.12. The van der Waals surface area contributed by atoms with Gasteiger partial charge in [-0.05, 0) is 34.1 Å². The van der Waals surface area contributed by atoms with E-state index < -0.39 is 0 Å². The van der Waals surface area contributed by atoms with Gasteiger partial charge >= 0.3 is 0 Å². The van der Waals surface area contributed by atoms with Crippen LogP contribution in [0.25, 0.3) is 0 Å². The average molecular weight is 333 g/mol. The predicted octanol–water partition coefficient (Wildman–Crippen LogP) is 3.78. The Morgan fingerprint density at radius 2 is 2.17 bits per heavy atom. The van der Waals surface area contributed by atoms with E-state index in [-0.39, 0.29) is 11.0 Å². The molecule has 2 aromatic rings. The highest BCUT2D eigenvalue weighted by Crippen LogP contribution is 2.33. The second kappa shape index (κ2) is 5.49. The van der Waals surface area contributed by atoms with E-state index in [2.05, 4.69) is 31.2 Å². The van der Waals surface area contributed by atoms with Crippen LogP contribution in [0, 0.1) is 5.82 Å². The summed E-state index contributed by atoms with van der Waals surface area (Å²) in [5.74, 6) is 0.305. The van der Waals surface area contributed by atoms with Gasteiger partial charge in [-0.15, -0.1) is 0 Å². The van der Waals surface area contributed by atoms with Crippen molar-refractivity contribution in [3.05, 3.63) is 40.0 Å². The summed E-state index contributed by atoms with van der Waals surface area (Å²) < 4.78 is 18.9. The number of methoxy groups -OCH3 is 1. The third kappa shape index (κ3) is 2.70. The van der Waals surface area contributed by atoms with E-state index in [0.717, 1.165) is 0 Å². The van der Waals surface area contributed by atoms with E-state index in [1.54, 1.807) is 6.07 Å². The second-order valence-electron chi connectivity index (χ2n) is 3.30. The number of hydrogen-bond donors (Lipinski definition) is 1. The summed E-state index contributed by atoms with van der Waals surface area (Å²) in [6.07, 6.45) is 1.29. The zero-order valence-corrected chi connectivity index (χ0v) is 11.6. The van der Waals surface area contributed by atoms with Crippen LogP contribution in [0.3, 0.4) is 0 Å². The average Bonchev–Trinajstić information content (AvgIpc) is 2.34. The van der Waals surface area contributed by atoms with Crippen molar-refractivity contribution in [2.24, 2.45) is 0 Å². The lowest BCUT2D eigenvalue weighted by atomic mass is 10.3. The molecule has 0 saturated heterocycles. The van der Waals surface area contributed by atoms with E-state index in [4.69, 9.17) is 16.3 Å². The van der Waals surface area contributed by atoms with E-state index in [1.165, 1.54) is 25.6 Å². The number of ether oxygens (including phenoxy) is 1. The zero-order valence-electron chi connectivity index (χ0n) is 9.25. The number of hydrogen-bond acceptors (Lipinski definition) is 4. The maximum Gasteiger partial charge on any atom is 0.199 e. The van der Waals surface area contributed by atoms with E-state index in [0.29, 0.717) is 21.7 Å². The van der Waals surface area contributed by atoms with Gasteiger partial charge in [-0.3, -0.25) is 0 Å². The monoisotopic (exact) mass is 331 g/mol. The van der Waals surface area contributed by atoms with Crippen molar-refractivity contribution in [2.45, 2.75) is 0 Å². The first kappa shape index (κ1) is 13.0. The van der Waals surface area contributed by atoms with Crippen LogP contribution in [-0.2, 0) is 0 Å². The Morgan fingerprint density at radius 3 is 2.89 bits per heavy atom. The molecule has 0 amide bonds. The molecule has 0 bridgehead atoms. The minimum atomic E-state index is -0.361. The summed E-state index contributed by atoms with van der Waals surface area (Å²) in [4.78, 5) is 7.80. The molecule has 1 aromatic carbocycles. The van der Waals surface area contributed by atoms with Gasteiger partial charge in [0.15, 0.2) is 16.7 Å². The first-order valence-electron chi connectivity index (χ1n) is 4.88. The number of nitrogens with zero attached hydrogens (tertiary/aromatic N) is 2. The van der Waals surface area contributed by atoms with Gasteiger partial charge in [0.25, 0.3) is 0 Å². The normalized spacial score (nSPS) is 10.2. The number of halogens is 3. The van der Waals surface area contributed by atoms with Gasteiger partial charge in [0.2, 0.25) is 0 Å². The molecule has 1 N–H and O–H groups in total. The molecule has 0 radical (unpaired) electrons. The lowest BCUT2D eigenvalue weighted by molar-refractivity contribution is 0.413. The lowest BCUT2D eigenvalue weighted by Gasteiger charge is -2.11. The van der Waals surface area contributed by atoms with Crippen molar-refractivity contribution >= 4 is 39.0 Å². The van der Waals surface area contributed by atoms with Crippen LogP contribution in [-0.4, -0.2) is 17.1 Å². The van der Waals surface area contributed by atoms with E-state index in [9.17, 15) is 4.39 Å². The molecule has 0 atom stereocenters. The van der Waals surface area contributed by atoms with Crippen molar-refractivity contribution in [1.82, 2.24) is 9.97 Å². The standard InChI is InChI=1S/C11H8BrClFN3O/c1-18-9-10(13)15-5-16-11(9)17-8-4-6(14)2-3-7(8)12/h2-5H,1H3,(H,15,16,17). The van der Waals surface area contributed by atoms with Crippen molar-refractivity contribution in [2.75, 3.05) is 12.4 Å². The van der Waals surface area contributed by atoms with Crippen LogP contribution in [0.1, 0.15) is 0 Å². The van der Waals surface area contributed by atoms with Crippen LogP contribution in [0.4, 0.5) is 15.9 Å². The number of rotatable bonds is 3. The van der Waals surface area contributed by atoms with Crippen molar-refractivity contribution < 1.29 is 9.13 Å². The number of nitrogens with one attached hydrogen (secondary N) is 1. The molecule has 0 spiro atoms. The molecule has 2 rings (SSSR count). The molecule has 1 heterocycles. The minimum Gasteiger partial charge on any atom is -0.490 e. The summed E-state index contributed by atoms with van der Waals surface area (Å²) in [6, 6.07) is 4.27. The number of anilines is 2. The quantitative estimate of drug-likeness (QED) is 0.869. The van der Waals surface area contributed by atoms with Gasteiger partial charge in [0.05, 0.1) is 12.8 Å². The highest BCUT2D eigenvalue weighted by molar-refractivity contribution is 9.10. The Morgan fingerprint density at radius 1 is 1.39 bits per heavy atom. The first-order chi connectivity index (χ1) is 8.61. The smallest absolute Gasteiger partial charge is 0.199 e. The molecule has 4 nitrogen and oxygen atoms in total. The molecule has 94 valence electrons. The molecule has 0 unspecified atom stereocenters. The summed E-state index contributed by atoms with van der Waals surface area (Å²) in [6.45, 7) is 0. The van der Waals surface area contributed by atoms with Gasteiger partial charge in [0.1, 0.15) is 12.1 Å². The Bertz CT molecular complexity index is 582. The molecule has 18 heavy (non-hydrogen) atoms. The maximum absolute atomic E-state index is 13.2. The molecular weight excluding hydrogens is 324 g/mol. The fraction of sp³-hybridized carbons (Fsp3) is 0.0909. The van der Waals surface area contributed by atoms with Gasteiger partial charge in [-0.1, -0.05) is 11.6 Å². The zero-order chi connectivity index (χ0) is 13.1. The summed E-state index contributed by atoms with van der Waals surface area (Å²) in [7, 11) is 1.45. The van der Waals surface area contributed by atoms with Crippen LogP contribution < -0.4 is 10.1 Å². The summed E-state index contributed by atoms with van der Waals surface area (Å²) >= 11 is 9.17. The molecule has 0 aliphatic carbocycles.